The molecule has 0 heterocycles. The van der Waals surface area contributed by atoms with Gasteiger partial charge in [0.15, 0.2) is 0 Å². The van der Waals surface area contributed by atoms with Crippen molar-refractivity contribution in [3.05, 3.63) is 28.3 Å². The Morgan fingerprint density at radius 2 is 2.05 bits per heavy atom. The largest absolute Gasteiger partial charge is 0.326 e. The molecule has 0 atom stereocenters. The highest BCUT2D eigenvalue weighted by atomic mass is 35.5. The number of nitrogens with zero attached hydrogens (tertiary/aromatic N) is 1. The topological polar surface area (TPSA) is 63.4 Å². The molecule has 0 saturated heterocycles. The van der Waals surface area contributed by atoms with Crippen LogP contribution >= 0.6 is 11.6 Å². The lowest BCUT2D eigenvalue weighted by molar-refractivity contribution is 0.263. The van der Waals surface area contributed by atoms with Gasteiger partial charge in [0.2, 0.25) is 10.0 Å². The van der Waals surface area contributed by atoms with Crippen molar-refractivity contribution in [1.29, 1.82) is 0 Å². The molecular weight excluding hydrogens is 296 g/mol. The fourth-order valence-electron chi connectivity index (χ4n) is 2.49. The lowest BCUT2D eigenvalue weighted by atomic mass is 9.86. The molecule has 1 aromatic carbocycles. The molecule has 1 saturated carbocycles. The van der Waals surface area contributed by atoms with Gasteiger partial charge in [-0.2, -0.15) is 0 Å². The lowest BCUT2D eigenvalue weighted by Crippen LogP contribution is -2.34. The Bertz CT molecular complexity index is 597. The van der Waals surface area contributed by atoms with Crippen LogP contribution in [0.2, 0.25) is 5.02 Å². The van der Waals surface area contributed by atoms with Gasteiger partial charge in [-0.3, -0.25) is 0 Å². The van der Waals surface area contributed by atoms with Crippen LogP contribution in [0.3, 0.4) is 0 Å². The van der Waals surface area contributed by atoms with Crippen molar-refractivity contribution in [1.82, 2.24) is 4.31 Å². The van der Waals surface area contributed by atoms with Crippen molar-refractivity contribution in [2.45, 2.75) is 37.6 Å². The van der Waals surface area contributed by atoms with Gasteiger partial charge in [0.1, 0.15) is 0 Å². The van der Waals surface area contributed by atoms with Gasteiger partial charge in [-0.1, -0.05) is 18.0 Å². The molecule has 0 aromatic heterocycles. The molecule has 0 unspecified atom stereocenters. The van der Waals surface area contributed by atoms with E-state index in [1.165, 1.54) is 16.8 Å². The highest BCUT2D eigenvalue weighted by Gasteiger charge is 2.28. The van der Waals surface area contributed by atoms with Gasteiger partial charge in [-0.25, -0.2) is 12.7 Å². The molecule has 1 aromatic rings. The molecular formula is C14H21ClN2O2S. The molecule has 1 aliphatic carbocycles. The first kappa shape index (κ1) is 15.8. The Hall–Kier alpha value is -0.620. The second kappa shape index (κ2) is 6.02. The van der Waals surface area contributed by atoms with Crippen LogP contribution in [0, 0.1) is 12.8 Å². The van der Waals surface area contributed by atoms with Gasteiger partial charge in [0.25, 0.3) is 0 Å². The maximum atomic E-state index is 12.7. The Labute approximate surface area is 126 Å². The van der Waals surface area contributed by atoms with E-state index in [0.717, 1.165) is 18.4 Å². The molecule has 0 spiro atoms. The second-order valence-electron chi connectivity index (χ2n) is 5.47. The van der Waals surface area contributed by atoms with Gasteiger partial charge in [0.05, 0.1) is 4.90 Å². The summed E-state index contributed by atoms with van der Waals surface area (Å²) in [4.78, 5) is 0.271. The van der Waals surface area contributed by atoms with Crippen LogP contribution in [-0.2, 0) is 16.6 Å². The lowest BCUT2D eigenvalue weighted by Gasteiger charge is -2.30. The quantitative estimate of drug-likeness (QED) is 0.908. The smallest absolute Gasteiger partial charge is 0.243 e. The Morgan fingerprint density at radius 3 is 2.55 bits per heavy atom. The van der Waals surface area contributed by atoms with E-state index in [9.17, 15) is 8.42 Å². The van der Waals surface area contributed by atoms with Crippen LogP contribution in [0.1, 0.15) is 30.4 Å². The molecule has 0 radical (unpaired) electrons. The van der Waals surface area contributed by atoms with Crippen LogP contribution in [0.5, 0.6) is 0 Å². The number of halogens is 1. The van der Waals surface area contributed by atoms with Gasteiger partial charge in [-0.15, -0.1) is 0 Å². The molecule has 4 nitrogen and oxygen atoms in total. The average molecular weight is 317 g/mol. The fraction of sp³-hybridized carbons (Fsp3) is 0.571. The zero-order valence-electron chi connectivity index (χ0n) is 11.9. The Balaban J connectivity index is 2.35. The molecule has 2 N–H and O–H groups in total. The van der Waals surface area contributed by atoms with Crippen molar-refractivity contribution in [3.63, 3.8) is 0 Å². The monoisotopic (exact) mass is 316 g/mol. The summed E-state index contributed by atoms with van der Waals surface area (Å²) in [5.41, 5.74) is 7.12. The van der Waals surface area contributed by atoms with Crippen molar-refractivity contribution in [2.75, 3.05) is 13.6 Å². The summed E-state index contributed by atoms with van der Waals surface area (Å²) in [7, 11) is -1.87. The molecule has 1 fully saturated rings. The zero-order valence-corrected chi connectivity index (χ0v) is 13.5. The summed E-state index contributed by atoms with van der Waals surface area (Å²) in [6.45, 7) is 2.64. The molecule has 2 rings (SSSR count). The Morgan fingerprint density at radius 1 is 1.40 bits per heavy atom. The van der Waals surface area contributed by atoms with Crippen LogP contribution in [0.25, 0.3) is 0 Å². The number of hydrogen-bond acceptors (Lipinski definition) is 3. The van der Waals surface area contributed by atoms with E-state index in [4.69, 9.17) is 17.3 Å². The molecule has 112 valence electrons. The van der Waals surface area contributed by atoms with Crippen LogP contribution in [0.4, 0.5) is 0 Å². The average Bonchev–Trinajstić information content (AvgIpc) is 2.35. The SMILES string of the molecule is Cc1c(CN)cc(Cl)cc1S(=O)(=O)N(C)CC1CCC1. The van der Waals surface area contributed by atoms with E-state index >= 15 is 0 Å². The Kier molecular flexibility index (Phi) is 4.74. The number of sulfonamides is 1. The van der Waals surface area contributed by atoms with Crippen LogP contribution in [-0.4, -0.2) is 26.3 Å². The van der Waals surface area contributed by atoms with E-state index in [2.05, 4.69) is 0 Å². The third-order valence-electron chi connectivity index (χ3n) is 4.08. The standard InChI is InChI=1S/C14H21ClN2O2S/c1-10-12(8-16)6-13(15)7-14(10)20(18,19)17(2)9-11-4-3-5-11/h6-7,11H,3-5,8-9,16H2,1-2H3. The minimum atomic E-state index is -3.50. The fourth-order valence-corrected chi connectivity index (χ4v) is 4.34. The molecule has 6 heteroatoms. The first-order valence-corrected chi connectivity index (χ1v) is 8.63. The van der Waals surface area contributed by atoms with Crippen LogP contribution in [0.15, 0.2) is 17.0 Å². The van der Waals surface area contributed by atoms with Crippen molar-refractivity contribution < 1.29 is 8.42 Å². The van der Waals surface area contributed by atoms with Crippen LogP contribution < -0.4 is 5.73 Å². The highest BCUT2D eigenvalue weighted by molar-refractivity contribution is 7.89. The molecule has 0 amide bonds. The summed E-state index contributed by atoms with van der Waals surface area (Å²) in [6, 6.07) is 3.24. The zero-order chi connectivity index (χ0) is 14.9. The third-order valence-corrected chi connectivity index (χ3v) is 6.25. The van der Waals surface area contributed by atoms with E-state index < -0.39 is 10.0 Å². The third kappa shape index (κ3) is 3.01. The summed E-state index contributed by atoms with van der Waals surface area (Å²) in [5, 5.41) is 0.409. The number of rotatable bonds is 5. The molecule has 0 aliphatic heterocycles. The number of nitrogens with two attached hydrogens (primary N) is 1. The minimum absolute atomic E-state index is 0.271. The van der Waals surface area contributed by atoms with Gasteiger partial charge in [-0.05, 0) is 48.9 Å². The predicted octanol–water partition coefficient (Wildman–Crippen LogP) is 2.53. The maximum absolute atomic E-state index is 12.7. The molecule has 1 aliphatic rings. The summed E-state index contributed by atoms with van der Waals surface area (Å²) in [5.74, 6) is 0.489. The van der Waals surface area contributed by atoms with E-state index in [0.29, 0.717) is 23.0 Å². The molecule has 0 bridgehead atoms. The van der Waals surface area contributed by atoms with E-state index in [-0.39, 0.29) is 11.4 Å². The highest BCUT2D eigenvalue weighted by Crippen LogP contribution is 2.30. The maximum Gasteiger partial charge on any atom is 0.243 e. The number of hydrogen-bond donors (Lipinski definition) is 1. The number of benzene rings is 1. The normalized spacial score (nSPS) is 16.4. The summed E-state index contributed by atoms with van der Waals surface area (Å²) < 4.78 is 26.8. The first-order valence-electron chi connectivity index (χ1n) is 6.81. The first-order chi connectivity index (χ1) is 9.36. The van der Waals surface area contributed by atoms with Gasteiger partial charge >= 0.3 is 0 Å². The predicted molar refractivity (Wildman–Crippen MR) is 81.2 cm³/mol. The van der Waals surface area contributed by atoms with E-state index in [1.807, 2.05) is 0 Å². The van der Waals surface area contributed by atoms with Crippen molar-refractivity contribution >= 4 is 21.6 Å². The van der Waals surface area contributed by atoms with Crippen molar-refractivity contribution in [3.8, 4) is 0 Å². The summed E-state index contributed by atoms with van der Waals surface area (Å²) in [6.07, 6.45) is 3.43. The van der Waals surface area contributed by atoms with E-state index in [1.54, 1.807) is 20.0 Å². The van der Waals surface area contributed by atoms with Gasteiger partial charge in [0, 0.05) is 25.2 Å². The van der Waals surface area contributed by atoms with Gasteiger partial charge < -0.3 is 5.73 Å². The minimum Gasteiger partial charge on any atom is -0.326 e. The molecule has 20 heavy (non-hydrogen) atoms. The second-order valence-corrected chi connectivity index (χ2v) is 7.92. The summed E-state index contributed by atoms with van der Waals surface area (Å²) >= 11 is 6.02. The van der Waals surface area contributed by atoms with Crippen molar-refractivity contribution in [2.24, 2.45) is 11.7 Å².